The number of rotatable bonds is 4. The van der Waals surface area contributed by atoms with Gasteiger partial charge in [0.1, 0.15) is 6.61 Å². The molecule has 6 heteroatoms. The van der Waals surface area contributed by atoms with E-state index in [1.54, 1.807) is 4.90 Å². The molecule has 1 aliphatic heterocycles. The van der Waals surface area contributed by atoms with Crippen molar-refractivity contribution in [2.45, 2.75) is 19.4 Å². The zero-order chi connectivity index (χ0) is 17.6. The van der Waals surface area contributed by atoms with Crippen molar-refractivity contribution >= 4 is 23.3 Å². The molecule has 1 saturated carbocycles. The second-order valence-electron chi connectivity index (χ2n) is 6.76. The molecule has 0 bridgehead atoms. The number of fused-ring (bicyclic) bond motifs is 1. The molecule has 0 aromatic heterocycles. The topological polar surface area (TPSA) is 79.6 Å². The molecule has 0 spiro atoms. The van der Waals surface area contributed by atoms with E-state index >= 15 is 0 Å². The van der Waals surface area contributed by atoms with Gasteiger partial charge in [-0.25, -0.2) is 4.79 Å². The number of benzene rings is 1. The number of amides is 1. The van der Waals surface area contributed by atoms with Gasteiger partial charge in [0, 0.05) is 12.6 Å². The lowest BCUT2D eigenvalue weighted by Gasteiger charge is -2.14. The summed E-state index contributed by atoms with van der Waals surface area (Å²) in [5.74, 6) is 0.738. The summed E-state index contributed by atoms with van der Waals surface area (Å²) < 4.78 is 10.1. The number of carbonyl (C=O) groups excluding carboxylic acids is 2. The highest BCUT2D eigenvalue weighted by Crippen LogP contribution is 2.57. The quantitative estimate of drug-likeness (QED) is 0.789. The van der Waals surface area contributed by atoms with Crippen LogP contribution < -0.4 is 4.90 Å². The minimum absolute atomic E-state index is 0.0748. The van der Waals surface area contributed by atoms with Crippen LogP contribution in [-0.4, -0.2) is 31.3 Å². The van der Waals surface area contributed by atoms with Crippen LogP contribution in [0.4, 0.5) is 10.5 Å². The van der Waals surface area contributed by atoms with E-state index in [1.807, 2.05) is 24.3 Å². The van der Waals surface area contributed by atoms with E-state index in [0.717, 1.165) is 17.7 Å². The maximum Gasteiger partial charge on any atom is 0.414 e. The summed E-state index contributed by atoms with van der Waals surface area (Å²) in [6, 6.07) is 10.2. The van der Waals surface area contributed by atoms with E-state index in [9.17, 15) is 9.59 Å². The third kappa shape index (κ3) is 2.86. The Morgan fingerprint density at radius 3 is 2.76 bits per heavy atom. The SMILES string of the molecule is CC(=O)OC[C@H]1CN(c2ccc(C3=C[C@H]4[C@H](C#N)[C@H]4C3)cc2)C(=O)O1. The van der Waals surface area contributed by atoms with Crippen molar-refractivity contribution in [3.63, 3.8) is 0 Å². The minimum Gasteiger partial charge on any atom is -0.462 e. The first kappa shape index (κ1) is 15.7. The highest BCUT2D eigenvalue weighted by atomic mass is 16.6. The van der Waals surface area contributed by atoms with Crippen LogP contribution in [0.25, 0.3) is 5.57 Å². The lowest BCUT2D eigenvalue weighted by atomic mass is 10.0. The van der Waals surface area contributed by atoms with Gasteiger partial charge in [-0.15, -0.1) is 0 Å². The van der Waals surface area contributed by atoms with Crippen LogP contribution >= 0.6 is 0 Å². The Kier molecular flexibility index (Phi) is 3.72. The van der Waals surface area contributed by atoms with Crippen molar-refractivity contribution in [2.24, 2.45) is 17.8 Å². The summed E-state index contributed by atoms with van der Waals surface area (Å²) in [7, 11) is 0. The highest BCUT2D eigenvalue weighted by molar-refractivity contribution is 5.90. The average molecular weight is 338 g/mol. The van der Waals surface area contributed by atoms with Gasteiger partial charge in [0.15, 0.2) is 6.10 Å². The number of cyclic esters (lactones) is 1. The molecule has 6 nitrogen and oxygen atoms in total. The highest BCUT2D eigenvalue weighted by Gasteiger charge is 2.52. The zero-order valence-corrected chi connectivity index (χ0v) is 13.8. The maximum absolute atomic E-state index is 12.0. The Bertz CT molecular complexity index is 793. The lowest BCUT2D eigenvalue weighted by Crippen LogP contribution is -2.26. The smallest absolute Gasteiger partial charge is 0.414 e. The van der Waals surface area contributed by atoms with Gasteiger partial charge in [-0.1, -0.05) is 18.2 Å². The summed E-state index contributed by atoms with van der Waals surface area (Å²) >= 11 is 0. The number of nitrogens with zero attached hydrogens (tertiary/aromatic N) is 2. The van der Waals surface area contributed by atoms with Crippen LogP contribution in [-0.2, 0) is 14.3 Å². The third-order valence-corrected chi connectivity index (χ3v) is 5.12. The Balaban J connectivity index is 1.41. The lowest BCUT2D eigenvalue weighted by molar-refractivity contribution is -0.143. The molecule has 1 aromatic rings. The molecule has 1 heterocycles. The van der Waals surface area contributed by atoms with Gasteiger partial charge < -0.3 is 9.47 Å². The fourth-order valence-electron chi connectivity index (χ4n) is 3.73. The van der Waals surface area contributed by atoms with Crippen molar-refractivity contribution in [1.29, 1.82) is 5.26 Å². The van der Waals surface area contributed by atoms with Gasteiger partial charge >= 0.3 is 12.1 Å². The number of carbonyl (C=O) groups is 2. The number of anilines is 1. The van der Waals surface area contributed by atoms with Crippen LogP contribution in [0.5, 0.6) is 0 Å². The Morgan fingerprint density at radius 1 is 1.40 bits per heavy atom. The second-order valence-corrected chi connectivity index (χ2v) is 6.76. The number of hydrogen-bond acceptors (Lipinski definition) is 5. The number of ether oxygens (including phenoxy) is 2. The molecule has 2 aliphatic carbocycles. The molecule has 128 valence electrons. The molecule has 0 N–H and O–H groups in total. The normalized spacial score (nSPS) is 29.5. The molecular weight excluding hydrogens is 320 g/mol. The predicted molar refractivity (Wildman–Crippen MR) is 89.4 cm³/mol. The summed E-state index contributed by atoms with van der Waals surface area (Å²) in [5.41, 5.74) is 3.18. The van der Waals surface area contributed by atoms with Gasteiger partial charge in [0.05, 0.1) is 18.5 Å². The molecular formula is C19H18N2O4. The van der Waals surface area contributed by atoms with Gasteiger partial charge in [-0.2, -0.15) is 5.26 Å². The van der Waals surface area contributed by atoms with Crippen molar-refractivity contribution in [3.05, 3.63) is 35.9 Å². The predicted octanol–water partition coefficient (Wildman–Crippen LogP) is 2.75. The summed E-state index contributed by atoms with van der Waals surface area (Å²) in [5, 5.41) is 8.99. The van der Waals surface area contributed by atoms with E-state index in [0.29, 0.717) is 18.4 Å². The van der Waals surface area contributed by atoms with Crippen LogP contribution in [0.2, 0.25) is 0 Å². The van der Waals surface area contributed by atoms with Crippen LogP contribution in [0.15, 0.2) is 30.3 Å². The molecule has 2 fully saturated rings. The molecule has 0 unspecified atom stereocenters. The third-order valence-electron chi connectivity index (χ3n) is 5.12. The Morgan fingerprint density at radius 2 is 2.16 bits per heavy atom. The van der Waals surface area contributed by atoms with Gasteiger partial charge in [-0.05, 0) is 41.5 Å². The first-order valence-electron chi connectivity index (χ1n) is 8.39. The molecule has 1 aromatic carbocycles. The van der Waals surface area contributed by atoms with Crippen molar-refractivity contribution in [2.75, 3.05) is 18.1 Å². The van der Waals surface area contributed by atoms with Crippen molar-refractivity contribution in [1.82, 2.24) is 0 Å². The second kappa shape index (κ2) is 5.92. The van der Waals surface area contributed by atoms with Crippen LogP contribution in [0.1, 0.15) is 18.9 Å². The van der Waals surface area contributed by atoms with Crippen molar-refractivity contribution < 1.29 is 19.1 Å². The van der Waals surface area contributed by atoms with Gasteiger partial charge in [0.25, 0.3) is 0 Å². The molecule has 3 aliphatic rings. The number of esters is 1. The molecule has 4 atom stereocenters. The Labute approximate surface area is 145 Å². The van der Waals surface area contributed by atoms with Gasteiger partial charge in [0.2, 0.25) is 0 Å². The van der Waals surface area contributed by atoms with E-state index in [4.69, 9.17) is 14.7 Å². The van der Waals surface area contributed by atoms with E-state index in [-0.39, 0.29) is 18.5 Å². The summed E-state index contributed by atoms with van der Waals surface area (Å²) in [6.07, 6.45) is 2.30. The van der Waals surface area contributed by atoms with E-state index < -0.39 is 12.2 Å². The fraction of sp³-hybridized carbons (Fsp3) is 0.421. The monoisotopic (exact) mass is 338 g/mol. The van der Waals surface area contributed by atoms with E-state index in [2.05, 4.69) is 12.1 Å². The largest absolute Gasteiger partial charge is 0.462 e. The van der Waals surface area contributed by atoms with Crippen LogP contribution in [0, 0.1) is 29.1 Å². The maximum atomic E-state index is 12.0. The van der Waals surface area contributed by atoms with E-state index in [1.165, 1.54) is 12.5 Å². The standard InChI is InChI=1S/C19H18N2O4/c1-11(22)24-10-15-9-21(19(23)25-15)14-4-2-12(3-5-14)13-6-16-17(7-13)18(16)8-20/h2-6,15-18H,7,9-10H2,1H3/t15-,16-,17+,18+/m1/s1. The first-order chi connectivity index (χ1) is 12.1. The average Bonchev–Trinajstić information content (AvgIpc) is 2.94. The molecule has 0 radical (unpaired) electrons. The fourth-order valence-corrected chi connectivity index (χ4v) is 3.73. The molecule has 1 saturated heterocycles. The number of nitriles is 1. The van der Waals surface area contributed by atoms with Crippen LogP contribution in [0.3, 0.4) is 0 Å². The number of hydrogen-bond donors (Lipinski definition) is 0. The zero-order valence-electron chi connectivity index (χ0n) is 13.8. The minimum atomic E-state index is -0.441. The first-order valence-corrected chi connectivity index (χ1v) is 8.39. The molecule has 4 rings (SSSR count). The summed E-state index contributed by atoms with van der Waals surface area (Å²) in [4.78, 5) is 24.4. The molecule has 1 amide bonds. The van der Waals surface area contributed by atoms with Crippen molar-refractivity contribution in [3.8, 4) is 6.07 Å². The Hall–Kier alpha value is -2.81. The number of allylic oxidation sites excluding steroid dienone is 2. The van der Waals surface area contributed by atoms with Gasteiger partial charge in [-0.3, -0.25) is 9.69 Å². The molecule has 25 heavy (non-hydrogen) atoms. The summed E-state index contributed by atoms with van der Waals surface area (Å²) in [6.45, 7) is 1.77.